The summed E-state index contributed by atoms with van der Waals surface area (Å²) in [7, 11) is 1.52. The van der Waals surface area contributed by atoms with Crippen molar-refractivity contribution in [2.75, 3.05) is 12.4 Å². The molecular weight excluding hydrogens is 342 g/mol. The molecule has 1 atom stereocenters. The molecule has 1 unspecified atom stereocenters. The van der Waals surface area contributed by atoms with Gasteiger partial charge in [-0.1, -0.05) is 13.8 Å². The highest BCUT2D eigenvalue weighted by Gasteiger charge is 2.25. The lowest BCUT2D eigenvalue weighted by Crippen LogP contribution is -2.47. The van der Waals surface area contributed by atoms with Crippen LogP contribution in [-0.2, 0) is 4.79 Å². The molecule has 5 nitrogen and oxygen atoms in total. The average molecular weight is 362 g/mol. The third-order valence-electron chi connectivity index (χ3n) is 3.78. The fraction of sp³-hybridized carbons (Fsp3) is 0.263. The van der Waals surface area contributed by atoms with Crippen molar-refractivity contribution in [2.45, 2.75) is 19.9 Å². The second-order valence-electron chi connectivity index (χ2n) is 6.04. The second kappa shape index (κ2) is 8.42. The van der Waals surface area contributed by atoms with E-state index in [-0.39, 0.29) is 11.6 Å². The molecule has 0 aliphatic rings. The van der Waals surface area contributed by atoms with Gasteiger partial charge >= 0.3 is 0 Å². The Hall–Kier alpha value is -2.96. The van der Waals surface area contributed by atoms with Crippen LogP contribution in [0, 0.1) is 17.6 Å². The molecule has 2 N–H and O–H groups in total. The summed E-state index contributed by atoms with van der Waals surface area (Å²) < 4.78 is 31.3. The van der Waals surface area contributed by atoms with E-state index in [4.69, 9.17) is 4.74 Å². The van der Waals surface area contributed by atoms with Gasteiger partial charge in [-0.05, 0) is 42.3 Å². The number of rotatable bonds is 6. The van der Waals surface area contributed by atoms with Gasteiger partial charge in [0.15, 0.2) is 11.6 Å². The fourth-order valence-corrected chi connectivity index (χ4v) is 2.30. The number of benzene rings is 2. The SMILES string of the molecule is COc1ccc(C(=O)NC(C(=O)Nc2ccc(F)c(F)c2)C(C)C)cc1. The summed E-state index contributed by atoms with van der Waals surface area (Å²) in [6.45, 7) is 3.54. The zero-order valence-corrected chi connectivity index (χ0v) is 14.7. The molecule has 0 spiro atoms. The molecular formula is C19H20F2N2O3. The summed E-state index contributed by atoms with van der Waals surface area (Å²) >= 11 is 0. The van der Waals surface area contributed by atoms with E-state index in [1.165, 1.54) is 13.2 Å². The monoisotopic (exact) mass is 362 g/mol. The van der Waals surface area contributed by atoms with Crippen LogP contribution in [0.4, 0.5) is 14.5 Å². The Balaban J connectivity index is 2.10. The van der Waals surface area contributed by atoms with E-state index in [1.54, 1.807) is 38.1 Å². The number of halogens is 2. The van der Waals surface area contributed by atoms with Gasteiger partial charge in [0.25, 0.3) is 5.91 Å². The van der Waals surface area contributed by atoms with Gasteiger partial charge < -0.3 is 15.4 Å². The molecule has 7 heteroatoms. The number of hydrogen-bond acceptors (Lipinski definition) is 3. The van der Waals surface area contributed by atoms with Crippen molar-refractivity contribution < 1.29 is 23.1 Å². The highest BCUT2D eigenvalue weighted by molar-refractivity contribution is 6.01. The average Bonchev–Trinajstić information content (AvgIpc) is 2.62. The Kier molecular flexibility index (Phi) is 6.27. The van der Waals surface area contributed by atoms with Gasteiger partial charge in [0.05, 0.1) is 7.11 Å². The van der Waals surface area contributed by atoms with Gasteiger partial charge in [0.1, 0.15) is 11.8 Å². The summed E-state index contributed by atoms with van der Waals surface area (Å²) in [5.41, 5.74) is 0.482. The van der Waals surface area contributed by atoms with Gasteiger partial charge in [0.2, 0.25) is 5.91 Å². The predicted octanol–water partition coefficient (Wildman–Crippen LogP) is 3.37. The quantitative estimate of drug-likeness (QED) is 0.828. The van der Waals surface area contributed by atoms with Crippen molar-refractivity contribution in [1.82, 2.24) is 5.32 Å². The summed E-state index contributed by atoms with van der Waals surface area (Å²) in [6.07, 6.45) is 0. The topological polar surface area (TPSA) is 67.4 Å². The number of carbonyl (C=O) groups excluding carboxylic acids is 2. The van der Waals surface area contributed by atoms with Crippen molar-refractivity contribution in [3.63, 3.8) is 0 Å². The normalized spacial score (nSPS) is 11.8. The minimum Gasteiger partial charge on any atom is -0.497 e. The van der Waals surface area contributed by atoms with Crippen molar-refractivity contribution >= 4 is 17.5 Å². The first kappa shape index (κ1) is 19.4. The summed E-state index contributed by atoms with van der Waals surface area (Å²) in [4.78, 5) is 24.8. The first-order valence-electron chi connectivity index (χ1n) is 8.02. The van der Waals surface area contributed by atoms with Crippen molar-refractivity contribution in [1.29, 1.82) is 0 Å². The minimum atomic E-state index is -1.06. The van der Waals surface area contributed by atoms with Gasteiger partial charge in [-0.2, -0.15) is 0 Å². The highest BCUT2D eigenvalue weighted by atomic mass is 19.2. The first-order chi connectivity index (χ1) is 12.3. The smallest absolute Gasteiger partial charge is 0.251 e. The predicted molar refractivity (Wildman–Crippen MR) is 94.1 cm³/mol. The van der Waals surface area contributed by atoms with Gasteiger partial charge in [-0.15, -0.1) is 0 Å². The van der Waals surface area contributed by atoms with Crippen LogP contribution in [0.5, 0.6) is 5.75 Å². The maximum Gasteiger partial charge on any atom is 0.251 e. The molecule has 0 aromatic heterocycles. The lowest BCUT2D eigenvalue weighted by Gasteiger charge is -2.22. The molecule has 2 amide bonds. The van der Waals surface area contributed by atoms with Gasteiger partial charge in [-0.3, -0.25) is 9.59 Å². The molecule has 0 heterocycles. The van der Waals surface area contributed by atoms with Crippen molar-refractivity contribution in [3.05, 3.63) is 59.7 Å². The second-order valence-corrected chi connectivity index (χ2v) is 6.04. The van der Waals surface area contributed by atoms with Crippen LogP contribution in [0.1, 0.15) is 24.2 Å². The van der Waals surface area contributed by atoms with E-state index in [9.17, 15) is 18.4 Å². The molecule has 0 aliphatic heterocycles. The molecule has 0 fully saturated rings. The maximum atomic E-state index is 13.3. The molecule has 0 saturated heterocycles. The third kappa shape index (κ3) is 4.78. The summed E-state index contributed by atoms with van der Waals surface area (Å²) in [6, 6.07) is 8.65. The standard InChI is InChI=1S/C19H20F2N2O3/c1-11(2)17(19(25)22-13-6-9-15(20)16(21)10-13)23-18(24)12-4-7-14(26-3)8-5-12/h4-11,17H,1-3H3,(H,22,25)(H,23,24). The lowest BCUT2D eigenvalue weighted by atomic mass is 10.0. The highest BCUT2D eigenvalue weighted by Crippen LogP contribution is 2.15. The van der Waals surface area contributed by atoms with Crippen LogP contribution in [0.2, 0.25) is 0 Å². The Morgan fingerprint density at radius 2 is 1.65 bits per heavy atom. The molecule has 0 aliphatic carbocycles. The van der Waals surface area contributed by atoms with E-state index in [0.29, 0.717) is 11.3 Å². The largest absolute Gasteiger partial charge is 0.497 e. The molecule has 2 aromatic rings. The van der Waals surface area contributed by atoms with E-state index < -0.39 is 29.5 Å². The summed E-state index contributed by atoms with van der Waals surface area (Å²) in [5.74, 6) is -2.62. The molecule has 26 heavy (non-hydrogen) atoms. The van der Waals surface area contributed by atoms with Crippen LogP contribution in [0.25, 0.3) is 0 Å². The zero-order chi connectivity index (χ0) is 19.3. The van der Waals surface area contributed by atoms with Crippen molar-refractivity contribution in [3.8, 4) is 5.75 Å². The maximum absolute atomic E-state index is 13.3. The number of nitrogens with one attached hydrogen (secondary N) is 2. The lowest BCUT2D eigenvalue weighted by molar-refractivity contribution is -0.118. The van der Waals surface area contributed by atoms with Gasteiger partial charge in [0, 0.05) is 17.3 Å². The molecule has 0 bridgehead atoms. The number of carbonyl (C=O) groups is 2. The molecule has 0 saturated carbocycles. The fourth-order valence-electron chi connectivity index (χ4n) is 2.30. The Morgan fingerprint density at radius 3 is 2.19 bits per heavy atom. The number of anilines is 1. The van der Waals surface area contributed by atoms with Crippen LogP contribution in [0.3, 0.4) is 0 Å². The number of amides is 2. The first-order valence-corrected chi connectivity index (χ1v) is 8.02. The Bertz CT molecular complexity index is 792. The van der Waals surface area contributed by atoms with Gasteiger partial charge in [-0.25, -0.2) is 8.78 Å². The zero-order valence-electron chi connectivity index (χ0n) is 14.7. The number of methoxy groups -OCH3 is 1. The Morgan fingerprint density at radius 1 is 1.00 bits per heavy atom. The molecule has 138 valence electrons. The van der Waals surface area contributed by atoms with E-state index in [2.05, 4.69) is 10.6 Å². The van der Waals surface area contributed by atoms with E-state index >= 15 is 0 Å². The third-order valence-corrected chi connectivity index (χ3v) is 3.78. The van der Waals surface area contributed by atoms with E-state index in [1.807, 2.05) is 0 Å². The van der Waals surface area contributed by atoms with Crippen LogP contribution < -0.4 is 15.4 Å². The van der Waals surface area contributed by atoms with E-state index in [0.717, 1.165) is 12.1 Å². The van der Waals surface area contributed by atoms with Crippen molar-refractivity contribution in [2.24, 2.45) is 5.92 Å². The molecule has 2 rings (SSSR count). The summed E-state index contributed by atoms with van der Waals surface area (Å²) in [5, 5.41) is 5.14. The number of ether oxygens (including phenoxy) is 1. The molecule has 2 aromatic carbocycles. The Labute approximate surface area is 150 Å². The number of hydrogen-bond donors (Lipinski definition) is 2. The van der Waals surface area contributed by atoms with Crippen LogP contribution in [-0.4, -0.2) is 25.0 Å². The van der Waals surface area contributed by atoms with Crippen LogP contribution >= 0.6 is 0 Å². The molecule has 0 radical (unpaired) electrons. The minimum absolute atomic E-state index is 0.109. The van der Waals surface area contributed by atoms with Crippen LogP contribution in [0.15, 0.2) is 42.5 Å².